The average Bonchev–Trinajstić information content (AvgIpc) is 2.21. The van der Waals surface area contributed by atoms with E-state index in [0.717, 1.165) is 11.3 Å². The van der Waals surface area contributed by atoms with Crippen molar-refractivity contribution in [2.45, 2.75) is 46.6 Å². The zero-order valence-electron chi connectivity index (χ0n) is 13.4. The largest absolute Gasteiger partial charge is 0.326 e. The van der Waals surface area contributed by atoms with Crippen LogP contribution in [-0.4, -0.2) is 21.5 Å². The summed E-state index contributed by atoms with van der Waals surface area (Å²) in [6, 6.07) is 7.61. The number of hydrogen-bond acceptors (Lipinski definition) is 3. The third-order valence-corrected chi connectivity index (χ3v) is 3.96. The molecule has 21 heavy (non-hydrogen) atoms. The number of hydrogen-bond donors (Lipinski definition) is 2. The smallest absolute Gasteiger partial charge is 0.324 e. The molecule has 0 fully saturated rings. The summed E-state index contributed by atoms with van der Waals surface area (Å²) >= 11 is 0. The van der Waals surface area contributed by atoms with Crippen LogP contribution in [0.2, 0.25) is 0 Å². The zero-order valence-corrected chi connectivity index (χ0v) is 14.3. The summed E-state index contributed by atoms with van der Waals surface area (Å²) in [4.78, 5) is 18.3. The fourth-order valence-corrected chi connectivity index (χ4v) is 3.33. The Labute approximate surface area is 126 Å². The second-order valence-corrected chi connectivity index (χ2v) is 8.85. The van der Waals surface area contributed by atoms with Crippen molar-refractivity contribution in [3.8, 4) is 0 Å². The third kappa shape index (κ3) is 8.10. The van der Waals surface area contributed by atoms with Crippen LogP contribution in [-0.2, 0) is 11.0 Å². The van der Waals surface area contributed by atoms with Crippen molar-refractivity contribution < 1.29 is 14.4 Å². The Kier molecular flexibility index (Phi) is 5.48. The van der Waals surface area contributed by atoms with Gasteiger partial charge in [0.25, 0.3) is 0 Å². The molecule has 2 N–H and O–H groups in total. The second-order valence-electron chi connectivity index (χ2n) is 7.20. The maximum absolute atomic E-state index is 11.2. The van der Waals surface area contributed by atoms with E-state index in [1.54, 1.807) is 0 Å². The second kappa shape index (κ2) is 6.39. The van der Waals surface area contributed by atoms with Crippen molar-refractivity contribution >= 4 is 13.3 Å². The molecule has 0 atom stereocenters. The van der Waals surface area contributed by atoms with E-state index in [9.17, 15) is 4.57 Å². The van der Waals surface area contributed by atoms with Gasteiger partial charge in [-0.3, -0.25) is 4.57 Å². The van der Waals surface area contributed by atoms with Gasteiger partial charge in [-0.1, -0.05) is 26.0 Å². The highest BCUT2D eigenvalue weighted by Gasteiger charge is 2.28. The number of rotatable bonds is 5. The molecule has 0 aliphatic heterocycles. The first-order valence-corrected chi connectivity index (χ1v) is 8.73. The Balaban J connectivity index is 2.86. The monoisotopic (exact) mass is 312 g/mol. The maximum atomic E-state index is 11.2. The van der Waals surface area contributed by atoms with E-state index < -0.39 is 13.0 Å². The Morgan fingerprint density at radius 2 is 1.76 bits per heavy atom. The lowest BCUT2D eigenvalue weighted by molar-refractivity contribution is 0.329. The first-order valence-electron chi connectivity index (χ1n) is 6.93. The Morgan fingerprint density at radius 1 is 1.14 bits per heavy atom. The lowest BCUT2D eigenvalue weighted by Gasteiger charge is -2.25. The van der Waals surface area contributed by atoms with E-state index in [1.807, 2.05) is 58.9 Å². The number of benzene rings is 1. The summed E-state index contributed by atoms with van der Waals surface area (Å²) in [7, 11) is -4.01. The topological polar surface area (TPSA) is 82.2 Å². The first kappa shape index (κ1) is 18.0. The molecule has 0 saturated carbocycles. The summed E-state index contributed by atoms with van der Waals surface area (Å²) < 4.78 is 11.2. The van der Waals surface area contributed by atoms with E-state index in [-0.39, 0.29) is 11.7 Å². The van der Waals surface area contributed by atoms with Crippen LogP contribution in [0, 0.1) is 5.41 Å². The van der Waals surface area contributed by atoms with Gasteiger partial charge in [0, 0.05) is 0 Å². The van der Waals surface area contributed by atoms with Crippen LogP contribution in [0.5, 0.6) is 0 Å². The van der Waals surface area contributed by atoms with Crippen molar-refractivity contribution in [1.82, 2.24) is 0 Å². The Bertz CT molecular complexity index is 556. The number of nitrogens with zero attached hydrogens (tertiary/aromatic N) is 2. The number of azo groups is 1. The highest BCUT2D eigenvalue weighted by molar-refractivity contribution is 7.51. The van der Waals surface area contributed by atoms with Crippen LogP contribution in [0.25, 0.3) is 0 Å². The first-order chi connectivity index (χ1) is 9.36. The molecule has 5 nitrogen and oxygen atoms in total. The van der Waals surface area contributed by atoms with Gasteiger partial charge in [0.1, 0.15) is 0 Å². The summed E-state index contributed by atoms with van der Waals surface area (Å²) in [5, 5.41) is 8.44. The fraction of sp³-hybridized carbons (Fsp3) is 0.600. The molecule has 0 aromatic heterocycles. The van der Waals surface area contributed by atoms with Crippen LogP contribution in [0.4, 0.5) is 5.69 Å². The molecule has 0 radical (unpaired) electrons. The minimum absolute atomic E-state index is 0.131. The van der Waals surface area contributed by atoms with Gasteiger partial charge in [0.2, 0.25) is 0 Å². The normalized spacial score (nSPS) is 13.9. The van der Waals surface area contributed by atoms with Gasteiger partial charge in [-0.25, -0.2) is 0 Å². The molecule has 0 aliphatic rings. The highest BCUT2D eigenvalue weighted by Crippen LogP contribution is 2.43. The molecule has 0 heterocycles. The summed E-state index contributed by atoms with van der Waals surface area (Å²) in [6.07, 6.45) is 0.449. The van der Waals surface area contributed by atoms with Crippen LogP contribution in [0.3, 0.4) is 0 Å². The maximum Gasteiger partial charge on any atom is 0.326 e. The van der Waals surface area contributed by atoms with Crippen LogP contribution in [0.1, 0.15) is 40.2 Å². The van der Waals surface area contributed by atoms with Crippen LogP contribution >= 0.6 is 7.60 Å². The molecular weight excluding hydrogens is 287 g/mol. The fourth-order valence-electron chi connectivity index (χ4n) is 2.10. The third-order valence-electron chi connectivity index (χ3n) is 2.69. The Hall–Kier alpha value is -1.03. The van der Waals surface area contributed by atoms with E-state index in [2.05, 4.69) is 10.2 Å². The molecule has 0 saturated heterocycles. The molecule has 0 amide bonds. The zero-order chi connectivity index (χ0) is 16.3. The molecule has 0 aliphatic carbocycles. The molecule has 118 valence electrons. The van der Waals surface area contributed by atoms with E-state index in [1.165, 1.54) is 0 Å². The van der Waals surface area contributed by atoms with Crippen molar-refractivity contribution in [3.05, 3.63) is 29.8 Å². The van der Waals surface area contributed by atoms with E-state index >= 15 is 0 Å². The van der Waals surface area contributed by atoms with Crippen molar-refractivity contribution in [3.63, 3.8) is 0 Å². The van der Waals surface area contributed by atoms with E-state index in [4.69, 9.17) is 9.79 Å². The molecule has 0 unspecified atom stereocenters. The standard InChI is InChI=1S/C15H25N2O3P/c1-14(2,3)17-16-13-8-6-7-12(9-13)10-15(4,5)11-21(18,19)20/h6-9H,10-11H2,1-5H3,(H2,18,19,20). The molecule has 0 spiro atoms. The van der Waals surface area contributed by atoms with Gasteiger partial charge in [-0.2, -0.15) is 10.2 Å². The van der Waals surface area contributed by atoms with Gasteiger partial charge in [-0.05, 0) is 50.3 Å². The van der Waals surface area contributed by atoms with Gasteiger partial charge in [0.05, 0.1) is 17.4 Å². The summed E-state index contributed by atoms with van der Waals surface area (Å²) in [5.74, 6) is 0. The van der Waals surface area contributed by atoms with E-state index in [0.29, 0.717) is 6.42 Å². The predicted molar refractivity (Wildman–Crippen MR) is 85.1 cm³/mol. The SMILES string of the molecule is CC(C)(Cc1cccc(N=NC(C)(C)C)c1)CP(=O)(O)O. The highest BCUT2D eigenvalue weighted by atomic mass is 31.2. The minimum atomic E-state index is -4.01. The predicted octanol–water partition coefficient (Wildman–Crippen LogP) is 4.32. The summed E-state index contributed by atoms with van der Waals surface area (Å²) in [5.41, 5.74) is 1.06. The quantitative estimate of drug-likeness (QED) is 0.627. The van der Waals surface area contributed by atoms with Crippen molar-refractivity contribution in [1.29, 1.82) is 0 Å². The summed E-state index contributed by atoms with van der Waals surface area (Å²) in [6.45, 7) is 9.64. The molecule has 6 heteroatoms. The molecular formula is C15H25N2O3P. The van der Waals surface area contributed by atoms with Crippen LogP contribution < -0.4 is 0 Å². The van der Waals surface area contributed by atoms with Crippen molar-refractivity contribution in [2.24, 2.45) is 15.6 Å². The van der Waals surface area contributed by atoms with Gasteiger partial charge >= 0.3 is 7.60 Å². The van der Waals surface area contributed by atoms with Crippen LogP contribution in [0.15, 0.2) is 34.5 Å². The van der Waals surface area contributed by atoms with Gasteiger partial charge < -0.3 is 9.79 Å². The molecule has 1 rings (SSSR count). The minimum Gasteiger partial charge on any atom is -0.324 e. The van der Waals surface area contributed by atoms with Crippen molar-refractivity contribution in [2.75, 3.05) is 6.16 Å². The molecule has 1 aromatic carbocycles. The van der Waals surface area contributed by atoms with Gasteiger partial charge in [0.15, 0.2) is 0 Å². The Morgan fingerprint density at radius 3 is 2.29 bits per heavy atom. The lowest BCUT2D eigenvalue weighted by atomic mass is 9.88. The molecule has 1 aromatic rings. The average molecular weight is 312 g/mol. The lowest BCUT2D eigenvalue weighted by Crippen LogP contribution is -2.20. The van der Waals surface area contributed by atoms with Gasteiger partial charge in [-0.15, -0.1) is 0 Å². The molecule has 0 bridgehead atoms.